The van der Waals surface area contributed by atoms with Crippen molar-refractivity contribution in [3.8, 4) is 0 Å². The highest BCUT2D eigenvalue weighted by Gasteiger charge is 2.04. The van der Waals surface area contributed by atoms with E-state index in [0.717, 1.165) is 16.9 Å². The Morgan fingerprint density at radius 3 is 2.79 bits per heavy atom. The van der Waals surface area contributed by atoms with E-state index in [2.05, 4.69) is 5.32 Å². The lowest BCUT2D eigenvalue weighted by Gasteiger charge is -2.06. The molecule has 1 aromatic heterocycles. The summed E-state index contributed by atoms with van der Waals surface area (Å²) in [6.07, 6.45) is 2.62. The van der Waals surface area contributed by atoms with Crippen molar-refractivity contribution >= 4 is 5.91 Å². The number of amides is 1. The maximum atomic E-state index is 11.7. The highest BCUT2D eigenvalue weighted by atomic mass is 16.3. The summed E-state index contributed by atoms with van der Waals surface area (Å²) in [5.74, 6) is 0.809. The van der Waals surface area contributed by atoms with Gasteiger partial charge in [-0.15, -0.1) is 0 Å². The summed E-state index contributed by atoms with van der Waals surface area (Å²) in [5, 5.41) is 11.9. The van der Waals surface area contributed by atoms with Gasteiger partial charge in [-0.2, -0.15) is 0 Å². The summed E-state index contributed by atoms with van der Waals surface area (Å²) in [6.45, 7) is 0.491. The zero-order chi connectivity index (χ0) is 13.5. The number of nitrogens with one attached hydrogen (secondary N) is 1. The largest absolute Gasteiger partial charge is 0.469 e. The zero-order valence-electron chi connectivity index (χ0n) is 10.6. The van der Waals surface area contributed by atoms with Crippen LogP contribution in [0.1, 0.15) is 23.3 Å². The van der Waals surface area contributed by atoms with Gasteiger partial charge < -0.3 is 14.8 Å². The van der Waals surface area contributed by atoms with Gasteiger partial charge in [-0.05, 0) is 23.3 Å². The molecule has 2 rings (SSSR count). The van der Waals surface area contributed by atoms with Crippen LogP contribution in [0.15, 0.2) is 47.1 Å². The van der Waals surface area contributed by atoms with Crippen LogP contribution < -0.4 is 5.32 Å². The van der Waals surface area contributed by atoms with Crippen molar-refractivity contribution in [3.63, 3.8) is 0 Å². The van der Waals surface area contributed by atoms with E-state index < -0.39 is 0 Å². The molecule has 1 heterocycles. The molecule has 0 bridgehead atoms. The number of furan rings is 1. The number of aliphatic hydroxyl groups excluding tert-OH is 1. The van der Waals surface area contributed by atoms with Crippen molar-refractivity contribution in [2.45, 2.75) is 26.0 Å². The lowest BCUT2D eigenvalue weighted by Crippen LogP contribution is -2.23. The van der Waals surface area contributed by atoms with Crippen molar-refractivity contribution in [3.05, 3.63) is 59.5 Å². The predicted octanol–water partition coefficient (Wildman–Crippen LogP) is 2.02. The van der Waals surface area contributed by atoms with E-state index in [4.69, 9.17) is 9.52 Å². The number of hydrogen-bond acceptors (Lipinski definition) is 3. The van der Waals surface area contributed by atoms with E-state index >= 15 is 0 Å². The van der Waals surface area contributed by atoms with Crippen LogP contribution in [0.5, 0.6) is 0 Å². The van der Waals surface area contributed by atoms with Gasteiger partial charge in [-0.1, -0.05) is 24.3 Å². The third-order valence-electron chi connectivity index (χ3n) is 2.84. The second-order valence-corrected chi connectivity index (χ2v) is 4.33. The number of aliphatic hydroxyl groups is 1. The molecule has 0 saturated carbocycles. The fourth-order valence-corrected chi connectivity index (χ4v) is 1.82. The first-order chi connectivity index (χ1) is 9.28. The monoisotopic (exact) mass is 259 g/mol. The average Bonchev–Trinajstić information content (AvgIpc) is 2.96. The minimum absolute atomic E-state index is 0.00852. The summed E-state index contributed by atoms with van der Waals surface area (Å²) >= 11 is 0. The Morgan fingerprint density at radius 1 is 1.21 bits per heavy atom. The van der Waals surface area contributed by atoms with Gasteiger partial charge in [0.05, 0.1) is 12.9 Å². The summed E-state index contributed by atoms with van der Waals surface area (Å²) in [6, 6.07) is 11.2. The average molecular weight is 259 g/mol. The van der Waals surface area contributed by atoms with Crippen LogP contribution in [0, 0.1) is 0 Å². The number of benzene rings is 1. The van der Waals surface area contributed by atoms with Gasteiger partial charge in [0, 0.05) is 19.4 Å². The Kier molecular flexibility index (Phi) is 4.75. The smallest absolute Gasteiger partial charge is 0.220 e. The van der Waals surface area contributed by atoms with Crippen molar-refractivity contribution in [1.29, 1.82) is 0 Å². The molecule has 1 amide bonds. The Balaban J connectivity index is 1.76. The lowest BCUT2D eigenvalue weighted by molar-refractivity contribution is -0.121. The Bertz CT molecular complexity index is 520. The van der Waals surface area contributed by atoms with Gasteiger partial charge in [-0.25, -0.2) is 0 Å². The van der Waals surface area contributed by atoms with Crippen LogP contribution in [-0.2, 0) is 24.4 Å². The maximum Gasteiger partial charge on any atom is 0.220 e. The molecule has 0 saturated heterocycles. The summed E-state index contributed by atoms with van der Waals surface area (Å²) in [4.78, 5) is 11.7. The fourth-order valence-electron chi connectivity index (χ4n) is 1.82. The van der Waals surface area contributed by atoms with E-state index in [9.17, 15) is 4.79 Å². The standard InChI is InChI=1S/C15H17NO3/c17-11-13-4-1-3-12(9-13)10-16-15(18)7-6-14-5-2-8-19-14/h1-5,8-9,17H,6-7,10-11H2,(H,16,18). The molecule has 0 unspecified atom stereocenters. The van der Waals surface area contributed by atoms with Crippen molar-refractivity contribution in [2.75, 3.05) is 0 Å². The molecule has 1 aromatic carbocycles. The van der Waals surface area contributed by atoms with Crippen LogP contribution in [-0.4, -0.2) is 11.0 Å². The molecular formula is C15H17NO3. The molecule has 2 N–H and O–H groups in total. The van der Waals surface area contributed by atoms with Gasteiger partial charge >= 0.3 is 0 Å². The third kappa shape index (κ3) is 4.26. The minimum Gasteiger partial charge on any atom is -0.469 e. The molecule has 100 valence electrons. The van der Waals surface area contributed by atoms with Gasteiger partial charge in [0.2, 0.25) is 5.91 Å². The molecule has 0 aliphatic carbocycles. The minimum atomic E-state index is -0.00852. The lowest BCUT2D eigenvalue weighted by atomic mass is 10.1. The first-order valence-electron chi connectivity index (χ1n) is 6.25. The van der Waals surface area contributed by atoms with E-state index in [1.54, 1.807) is 6.26 Å². The number of hydrogen-bond donors (Lipinski definition) is 2. The van der Waals surface area contributed by atoms with Crippen LogP contribution in [0.2, 0.25) is 0 Å². The number of aryl methyl sites for hydroxylation is 1. The molecule has 0 aliphatic rings. The molecule has 0 spiro atoms. The zero-order valence-corrected chi connectivity index (χ0v) is 10.6. The molecule has 0 aliphatic heterocycles. The molecule has 0 radical (unpaired) electrons. The van der Waals surface area contributed by atoms with Crippen LogP contribution in [0.4, 0.5) is 0 Å². The van der Waals surface area contributed by atoms with E-state index in [-0.39, 0.29) is 12.5 Å². The SMILES string of the molecule is O=C(CCc1ccco1)NCc1cccc(CO)c1. The van der Waals surface area contributed by atoms with Crippen molar-refractivity contribution in [2.24, 2.45) is 0 Å². The fraction of sp³-hybridized carbons (Fsp3) is 0.267. The topological polar surface area (TPSA) is 62.5 Å². The van der Waals surface area contributed by atoms with E-state index in [0.29, 0.717) is 19.4 Å². The summed E-state index contributed by atoms with van der Waals surface area (Å²) in [7, 11) is 0. The third-order valence-corrected chi connectivity index (χ3v) is 2.84. The molecular weight excluding hydrogens is 242 g/mol. The highest BCUT2D eigenvalue weighted by molar-refractivity contribution is 5.76. The quantitative estimate of drug-likeness (QED) is 0.834. The molecule has 0 fully saturated rings. The first kappa shape index (κ1) is 13.4. The van der Waals surface area contributed by atoms with Gasteiger partial charge in [0.25, 0.3) is 0 Å². The molecule has 4 nitrogen and oxygen atoms in total. The van der Waals surface area contributed by atoms with Crippen molar-refractivity contribution in [1.82, 2.24) is 5.32 Å². The Hall–Kier alpha value is -2.07. The molecule has 0 atom stereocenters. The van der Waals surface area contributed by atoms with Crippen LogP contribution in [0.3, 0.4) is 0 Å². The molecule has 19 heavy (non-hydrogen) atoms. The second kappa shape index (κ2) is 6.75. The predicted molar refractivity (Wildman–Crippen MR) is 71.2 cm³/mol. The maximum absolute atomic E-state index is 11.7. The Labute approximate surface area is 112 Å². The van der Waals surface area contributed by atoms with Crippen molar-refractivity contribution < 1.29 is 14.3 Å². The first-order valence-corrected chi connectivity index (χ1v) is 6.25. The normalized spacial score (nSPS) is 10.4. The number of rotatable bonds is 6. The molecule has 4 heteroatoms. The summed E-state index contributed by atoms with van der Waals surface area (Å²) < 4.78 is 5.17. The van der Waals surface area contributed by atoms with E-state index in [1.165, 1.54) is 0 Å². The Morgan fingerprint density at radius 2 is 2.05 bits per heavy atom. The van der Waals surface area contributed by atoms with E-state index in [1.807, 2.05) is 36.4 Å². The van der Waals surface area contributed by atoms with Gasteiger partial charge in [0.15, 0.2) is 0 Å². The number of carbonyl (C=O) groups excluding carboxylic acids is 1. The van der Waals surface area contributed by atoms with Crippen LogP contribution >= 0.6 is 0 Å². The van der Waals surface area contributed by atoms with Gasteiger partial charge in [-0.3, -0.25) is 4.79 Å². The summed E-state index contributed by atoms with van der Waals surface area (Å²) in [5.41, 5.74) is 1.83. The highest BCUT2D eigenvalue weighted by Crippen LogP contribution is 2.06. The van der Waals surface area contributed by atoms with Crippen LogP contribution in [0.25, 0.3) is 0 Å². The van der Waals surface area contributed by atoms with Gasteiger partial charge in [0.1, 0.15) is 5.76 Å². The molecule has 2 aromatic rings. The number of carbonyl (C=O) groups is 1. The second-order valence-electron chi connectivity index (χ2n) is 4.33.